The van der Waals surface area contributed by atoms with Gasteiger partial charge in [0, 0.05) is 13.1 Å². The van der Waals surface area contributed by atoms with Crippen molar-refractivity contribution in [2.24, 2.45) is 5.73 Å². The minimum Gasteiger partial charge on any atom is -0.364 e. The zero-order valence-corrected chi connectivity index (χ0v) is 8.45. The lowest BCUT2D eigenvalue weighted by Crippen LogP contribution is -2.19. The molecule has 7 heteroatoms. The molecule has 0 aliphatic carbocycles. The highest BCUT2D eigenvalue weighted by Crippen LogP contribution is 2.13. The Balaban J connectivity index is 3.13. The first-order valence-electron chi connectivity index (χ1n) is 3.67. The molecule has 14 heavy (non-hydrogen) atoms. The number of halogens is 1. The van der Waals surface area contributed by atoms with E-state index >= 15 is 0 Å². The van der Waals surface area contributed by atoms with Crippen LogP contribution in [-0.2, 0) is 4.84 Å². The Hall–Kier alpha value is -1.40. The second kappa shape index (κ2) is 4.21. The van der Waals surface area contributed by atoms with Gasteiger partial charge in [0.2, 0.25) is 5.28 Å². The molecule has 0 aliphatic heterocycles. The van der Waals surface area contributed by atoms with E-state index in [1.54, 1.807) is 7.05 Å². The Kier molecular flexibility index (Phi) is 3.21. The highest BCUT2D eigenvalue weighted by atomic mass is 35.5. The number of hydroxylamine groups is 1. The molecule has 0 saturated carbocycles. The fraction of sp³-hybridized carbons (Fsp3) is 0.286. The van der Waals surface area contributed by atoms with E-state index in [4.69, 9.17) is 22.2 Å². The van der Waals surface area contributed by atoms with Crippen LogP contribution < -0.4 is 10.8 Å². The highest BCUT2D eigenvalue weighted by molar-refractivity contribution is 6.28. The van der Waals surface area contributed by atoms with Gasteiger partial charge in [-0.2, -0.15) is 4.98 Å². The average Bonchev–Trinajstić information content (AvgIpc) is 2.15. The van der Waals surface area contributed by atoms with E-state index in [-0.39, 0.29) is 11.0 Å². The molecule has 0 saturated heterocycles. The van der Waals surface area contributed by atoms with Crippen LogP contribution in [-0.4, -0.2) is 30.0 Å². The summed E-state index contributed by atoms with van der Waals surface area (Å²) in [6.07, 6.45) is 0. The van der Waals surface area contributed by atoms with Gasteiger partial charge in [-0.1, -0.05) is 0 Å². The normalized spacial score (nSPS) is 9.93. The highest BCUT2D eigenvalue weighted by Gasteiger charge is 2.10. The molecular weight excluding hydrogens is 208 g/mol. The lowest BCUT2D eigenvalue weighted by molar-refractivity contribution is 0.0995. The average molecular weight is 217 g/mol. The zero-order chi connectivity index (χ0) is 10.7. The number of hydrogen-bond acceptors (Lipinski definition) is 5. The molecule has 0 aliphatic rings. The van der Waals surface area contributed by atoms with Crippen LogP contribution in [0.25, 0.3) is 0 Å². The van der Waals surface area contributed by atoms with Gasteiger partial charge in [0.1, 0.15) is 5.69 Å². The second-order valence-corrected chi connectivity index (χ2v) is 2.76. The molecule has 0 fully saturated rings. The Bertz CT molecular complexity index is 358. The van der Waals surface area contributed by atoms with Gasteiger partial charge in [-0.25, -0.2) is 10.0 Å². The Morgan fingerprint density at radius 1 is 1.64 bits per heavy atom. The summed E-state index contributed by atoms with van der Waals surface area (Å²) >= 11 is 5.58. The van der Waals surface area contributed by atoms with E-state index in [2.05, 4.69) is 9.97 Å². The third-order valence-electron chi connectivity index (χ3n) is 1.53. The van der Waals surface area contributed by atoms with Crippen LogP contribution in [0.2, 0.25) is 5.28 Å². The lowest BCUT2D eigenvalue weighted by atomic mass is 10.4. The number of hydrogen-bond donors (Lipinski definition) is 1. The molecule has 0 atom stereocenters. The number of primary amides is 1. The summed E-state index contributed by atoms with van der Waals surface area (Å²) in [7, 11) is 3.07. The molecule has 0 bridgehead atoms. The largest absolute Gasteiger partial charge is 0.364 e. The SMILES string of the molecule is CON(C)c1cc(C(N)=O)nc(Cl)n1. The maximum absolute atomic E-state index is 10.8. The molecule has 0 spiro atoms. The van der Waals surface area contributed by atoms with E-state index in [0.717, 1.165) is 0 Å². The number of nitrogens with two attached hydrogens (primary N) is 1. The molecule has 76 valence electrons. The summed E-state index contributed by atoms with van der Waals surface area (Å²) in [6, 6.07) is 1.39. The van der Waals surface area contributed by atoms with Gasteiger partial charge >= 0.3 is 0 Å². The van der Waals surface area contributed by atoms with Gasteiger partial charge in [0.25, 0.3) is 5.91 Å². The first-order valence-corrected chi connectivity index (χ1v) is 4.04. The molecule has 0 aromatic carbocycles. The molecular formula is C7H9ClN4O2. The Labute approximate surface area is 85.6 Å². The minimum absolute atomic E-state index is 0.0453. The molecule has 1 heterocycles. The van der Waals surface area contributed by atoms with Gasteiger partial charge < -0.3 is 5.73 Å². The number of carbonyl (C=O) groups excluding carboxylic acids is 1. The van der Waals surface area contributed by atoms with Gasteiger partial charge in [0.05, 0.1) is 7.11 Å². The van der Waals surface area contributed by atoms with Crippen LogP contribution in [0, 0.1) is 0 Å². The number of aromatic nitrogens is 2. The Morgan fingerprint density at radius 3 is 2.79 bits per heavy atom. The molecule has 6 nitrogen and oxygen atoms in total. The number of anilines is 1. The van der Waals surface area contributed by atoms with Crippen LogP contribution in [0.5, 0.6) is 0 Å². The van der Waals surface area contributed by atoms with Gasteiger partial charge in [-0.05, 0) is 11.6 Å². The Morgan fingerprint density at radius 2 is 2.29 bits per heavy atom. The van der Waals surface area contributed by atoms with Crippen molar-refractivity contribution in [2.45, 2.75) is 0 Å². The van der Waals surface area contributed by atoms with E-state index in [1.165, 1.54) is 18.2 Å². The fourth-order valence-electron chi connectivity index (χ4n) is 0.787. The number of nitrogens with zero attached hydrogens (tertiary/aromatic N) is 3. The van der Waals surface area contributed by atoms with Crippen LogP contribution in [0.4, 0.5) is 5.82 Å². The third kappa shape index (κ3) is 2.30. The van der Waals surface area contributed by atoms with E-state index < -0.39 is 5.91 Å². The number of rotatable bonds is 3. The maximum Gasteiger partial charge on any atom is 0.267 e. The van der Waals surface area contributed by atoms with Gasteiger partial charge in [-0.15, -0.1) is 0 Å². The van der Waals surface area contributed by atoms with Crippen LogP contribution in [0.1, 0.15) is 10.5 Å². The van der Waals surface area contributed by atoms with Gasteiger partial charge in [-0.3, -0.25) is 9.63 Å². The molecule has 0 radical (unpaired) electrons. The second-order valence-electron chi connectivity index (χ2n) is 2.42. The maximum atomic E-state index is 10.8. The topological polar surface area (TPSA) is 81.3 Å². The molecule has 1 aromatic heterocycles. The van der Waals surface area contributed by atoms with Crippen molar-refractivity contribution in [3.8, 4) is 0 Å². The van der Waals surface area contributed by atoms with Crippen molar-refractivity contribution in [2.75, 3.05) is 19.2 Å². The third-order valence-corrected chi connectivity index (χ3v) is 1.70. The summed E-state index contributed by atoms with van der Waals surface area (Å²) in [5.74, 6) is -0.304. The summed E-state index contributed by atoms with van der Waals surface area (Å²) in [4.78, 5) is 23.2. The first kappa shape index (κ1) is 10.7. The van der Waals surface area contributed by atoms with Crippen LogP contribution >= 0.6 is 11.6 Å². The van der Waals surface area contributed by atoms with Crippen molar-refractivity contribution in [1.82, 2.24) is 9.97 Å². The van der Waals surface area contributed by atoms with E-state index in [1.807, 2.05) is 0 Å². The molecule has 2 N–H and O–H groups in total. The van der Waals surface area contributed by atoms with Crippen LogP contribution in [0.3, 0.4) is 0 Å². The van der Waals surface area contributed by atoms with Crippen molar-refractivity contribution >= 4 is 23.3 Å². The van der Waals surface area contributed by atoms with E-state index in [9.17, 15) is 4.79 Å². The summed E-state index contributed by atoms with van der Waals surface area (Å²) < 4.78 is 0. The molecule has 1 aromatic rings. The number of carbonyl (C=O) groups is 1. The quantitative estimate of drug-likeness (QED) is 0.578. The molecule has 1 rings (SSSR count). The summed E-state index contributed by atoms with van der Waals surface area (Å²) in [5, 5.41) is 1.28. The van der Waals surface area contributed by atoms with Gasteiger partial charge in [0.15, 0.2) is 5.82 Å². The zero-order valence-electron chi connectivity index (χ0n) is 7.69. The van der Waals surface area contributed by atoms with Crippen molar-refractivity contribution in [3.05, 3.63) is 17.0 Å². The standard InChI is InChI=1S/C7H9ClN4O2/c1-12(14-2)5-3-4(6(9)13)10-7(8)11-5/h3H,1-2H3,(H2,9,13). The fourth-order valence-corrected chi connectivity index (χ4v) is 0.964. The molecule has 1 amide bonds. The smallest absolute Gasteiger partial charge is 0.267 e. The number of amides is 1. The predicted molar refractivity (Wildman–Crippen MR) is 51.0 cm³/mol. The lowest BCUT2D eigenvalue weighted by Gasteiger charge is -2.14. The van der Waals surface area contributed by atoms with Crippen molar-refractivity contribution in [1.29, 1.82) is 0 Å². The monoisotopic (exact) mass is 216 g/mol. The summed E-state index contributed by atoms with van der Waals surface area (Å²) in [6.45, 7) is 0. The summed E-state index contributed by atoms with van der Waals surface area (Å²) in [5.41, 5.74) is 5.09. The first-order chi connectivity index (χ1) is 6.54. The van der Waals surface area contributed by atoms with E-state index in [0.29, 0.717) is 5.82 Å². The minimum atomic E-state index is -0.667. The van der Waals surface area contributed by atoms with Crippen molar-refractivity contribution < 1.29 is 9.63 Å². The van der Waals surface area contributed by atoms with Crippen LogP contribution in [0.15, 0.2) is 6.07 Å². The van der Waals surface area contributed by atoms with Crippen molar-refractivity contribution in [3.63, 3.8) is 0 Å². The molecule has 0 unspecified atom stereocenters. The predicted octanol–water partition coefficient (Wildman–Crippen LogP) is 0.226.